The average Bonchev–Trinajstić information content (AvgIpc) is 2.08. The lowest BCUT2D eigenvalue weighted by Crippen LogP contribution is -2.30. The van der Waals surface area contributed by atoms with E-state index in [-0.39, 0.29) is 0 Å². The Hall–Kier alpha value is -1.00. The van der Waals surface area contributed by atoms with Crippen LogP contribution >= 0.6 is 0 Å². The summed E-state index contributed by atoms with van der Waals surface area (Å²) in [6, 6.07) is -1.01. The van der Waals surface area contributed by atoms with Crippen molar-refractivity contribution >= 4 is 12.2 Å². The molecule has 3 nitrogen and oxygen atoms in total. The Morgan fingerprint density at radius 1 is 1.70 bits per heavy atom. The lowest BCUT2D eigenvalue weighted by molar-refractivity contribution is -0.139. The molecular weight excluding hydrogens is 144 g/mol. The lowest BCUT2D eigenvalue weighted by Gasteiger charge is -2.00. The van der Waals surface area contributed by atoms with Crippen LogP contribution in [0.1, 0.15) is 6.42 Å². The second-order valence-corrected chi connectivity index (χ2v) is 2.12. The Balaban J connectivity index is 2.70. The van der Waals surface area contributed by atoms with Crippen LogP contribution in [0.4, 0.5) is 8.78 Å². The number of nitrogens with one attached hydrogen (secondary N) is 1. The molecule has 0 aromatic carbocycles. The van der Waals surface area contributed by atoms with Crippen molar-refractivity contribution in [1.82, 2.24) is 5.32 Å². The molecule has 5 heteroatoms. The van der Waals surface area contributed by atoms with E-state index >= 15 is 0 Å². The summed E-state index contributed by atoms with van der Waals surface area (Å²) in [6.07, 6.45) is -0.409. The maximum atomic E-state index is 12.2. The van der Waals surface area contributed by atoms with Crippen molar-refractivity contribution in [2.24, 2.45) is 0 Å². The first kappa shape index (κ1) is 7.11. The Labute approximate surface area is 55.4 Å². The highest BCUT2D eigenvalue weighted by molar-refractivity contribution is 5.89. The van der Waals surface area contributed by atoms with Gasteiger partial charge in [-0.05, 0) is 0 Å². The van der Waals surface area contributed by atoms with Gasteiger partial charge in [0.15, 0.2) is 0 Å². The summed E-state index contributed by atoms with van der Waals surface area (Å²) >= 11 is 0. The average molecular weight is 149 g/mol. The van der Waals surface area contributed by atoms with Crippen LogP contribution in [0.2, 0.25) is 0 Å². The van der Waals surface area contributed by atoms with Gasteiger partial charge in [-0.1, -0.05) is 0 Å². The Morgan fingerprint density at radius 2 is 2.30 bits per heavy atom. The van der Waals surface area contributed by atoms with Gasteiger partial charge < -0.3 is 10.1 Å². The van der Waals surface area contributed by atoms with Gasteiger partial charge in [0, 0.05) is 6.42 Å². The van der Waals surface area contributed by atoms with Crippen LogP contribution in [-0.4, -0.2) is 24.2 Å². The molecule has 0 aliphatic carbocycles. The van der Waals surface area contributed by atoms with Gasteiger partial charge in [-0.25, -0.2) is 0 Å². The van der Waals surface area contributed by atoms with E-state index in [4.69, 9.17) is 0 Å². The van der Waals surface area contributed by atoms with Crippen molar-refractivity contribution in [3.63, 3.8) is 0 Å². The fourth-order valence-electron chi connectivity index (χ4n) is 0.776. The summed E-state index contributed by atoms with van der Waals surface area (Å²) in [6.45, 7) is 0. The zero-order valence-electron chi connectivity index (χ0n) is 4.93. The van der Waals surface area contributed by atoms with E-state index in [1.54, 1.807) is 0 Å². The van der Waals surface area contributed by atoms with Crippen LogP contribution in [0.15, 0.2) is 0 Å². The number of carbonyl (C=O) groups excluding carboxylic acids is 2. The number of carbonyl (C=O) groups is 2. The van der Waals surface area contributed by atoms with E-state index < -0.39 is 24.3 Å². The van der Waals surface area contributed by atoms with Gasteiger partial charge in [0.2, 0.25) is 0 Å². The molecule has 1 heterocycles. The van der Waals surface area contributed by atoms with Crippen LogP contribution < -0.4 is 5.32 Å². The minimum atomic E-state index is -3.36. The SMILES string of the molecule is O=C[C@H]1CC(F)(F)C(=O)N1. The van der Waals surface area contributed by atoms with Gasteiger partial charge in [-0.2, -0.15) is 8.78 Å². The molecule has 0 saturated carbocycles. The van der Waals surface area contributed by atoms with Gasteiger partial charge in [-0.15, -0.1) is 0 Å². The van der Waals surface area contributed by atoms with Crippen LogP contribution in [0.25, 0.3) is 0 Å². The molecule has 0 bridgehead atoms. The largest absolute Gasteiger partial charge is 0.341 e. The molecule has 56 valence electrons. The van der Waals surface area contributed by atoms with E-state index in [0.29, 0.717) is 6.29 Å². The quantitative estimate of drug-likeness (QED) is 0.520. The second-order valence-electron chi connectivity index (χ2n) is 2.12. The minimum Gasteiger partial charge on any atom is -0.341 e. The highest BCUT2D eigenvalue weighted by Gasteiger charge is 2.47. The van der Waals surface area contributed by atoms with E-state index in [1.807, 2.05) is 5.32 Å². The number of hydrogen-bond donors (Lipinski definition) is 1. The Kier molecular flexibility index (Phi) is 1.42. The molecule has 0 aromatic rings. The first-order valence-electron chi connectivity index (χ1n) is 2.70. The molecule has 1 aliphatic heterocycles. The van der Waals surface area contributed by atoms with Crippen LogP contribution in [0.5, 0.6) is 0 Å². The first-order valence-corrected chi connectivity index (χ1v) is 2.70. The maximum Gasteiger partial charge on any atom is 0.327 e. The van der Waals surface area contributed by atoms with Gasteiger partial charge in [0.25, 0.3) is 5.91 Å². The molecule has 10 heavy (non-hydrogen) atoms. The molecule has 0 aromatic heterocycles. The van der Waals surface area contributed by atoms with Gasteiger partial charge >= 0.3 is 5.92 Å². The number of halogens is 2. The lowest BCUT2D eigenvalue weighted by atomic mass is 10.2. The normalized spacial score (nSPS) is 29.8. The van der Waals surface area contributed by atoms with Crippen molar-refractivity contribution in [3.8, 4) is 0 Å². The van der Waals surface area contributed by atoms with Crippen molar-refractivity contribution in [1.29, 1.82) is 0 Å². The summed E-state index contributed by atoms with van der Waals surface area (Å²) in [7, 11) is 0. The Bertz CT molecular complexity index is 180. The summed E-state index contributed by atoms with van der Waals surface area (Å²) in [4.78, 5) is 20.1. The van der Waals surface area contributed by atoms with Crippen molar-refractivity contribution in [2.45, 2.75) is 18.4 Å². The molecule has 1 rings (SSSR count). The standard InChI is InChI=1S/C5H5F2NO2/c6-5(7)1-3(2-9)8-4(5)10/h2-3H,1H2,(H,8,10)/t3-/m1/s1. The number of amides is 1. The predicted molar refractivity (Wildman–Crippen MR) is 27.6 cm³/mol. The third-order valence-electron chi connectivity index (χ3n) is 1.29. The molecule has 1 saturated heterocycles. The van der Waals surface area contributed by atoms with E-state index in [9.17, 15) is 18.4 Å². The molecule has 1 aliphatic rings. The van der Waals surface area contributed by atoms with Crippen LogP contribution in [-0.2, 0) is 9.59 Å². The third kappa shape index (κ3) is 0.984. The second kappa shape index (κ2) is 2.00. The fourth-order valence-corrected chi connectivity index (χ4v) is 0.776. The van der Waals surface area contributed by atoms with E-state index in [0.717, 1.165) is 0 Å². The Morgan fingerprint density at radius 3 is 2.50 bits per heavy atom. The van der Waals surface area contributed by atoms with Crippen LogP contribution in [0, 0.1) is 0 Å². The minimum absolute atomic E-state index is 0.304. The van der Waals surface area contributed by atoms with Crippen molar-refractivity contribution in [2.75, 3.05) is 0 Å². The fraction of sp³-hybridized carbons (Fsp3) is 0.600. The summed E-state index contributed by atoms with van der Waals surface area (Å²) in [5.74, 6) is -4.71. The molecule has 1 N–H and O–H groups in total. The van der Waals surface area contributed by atoms with Gasteiger partial charge in [0.1, 0.15) is 6.29 Å². The smallest absolute Gasteiger partial charge is 0.327 e. The zero-order chi connectivity index (χ0) is 7.78. The first-order chi connectivity index (χ1) is 4.56. The summed E-state index contributed by atoms with van der Waals surface area (Å²) in [5, 5.41) is 1.84. The monoisotopic (exact) mass is 149 g/mol. The third-order valence-corrected chi connectivity index (χ3v) is 1.29. The van der Waals surface area contributed by atoms with Crippen molar-refractivity contribution < 1.29 is 18.4 Å². The molecule has 0 spiro atoms. The van der Waals surface area contributed by atoms with Gasteiger partial charge in [-0.3, -0.25) is 4.79 Å². The van der Waals surface area contributed by atoms with Gasteiger partial charge in [0.05, 0.1) is 6.04 Å². The number of alkyl halides is 2. The topological polar surface area (TPSA) is 46.2 Å². The highest BCUT2D eigenvalue weighted by Crippen LogP contribution is 2.25. The number of rotatable bonds is 1. The number of hydrogen-bond acceptors (Lipinski definition) is 2. The number of aldehydes is 1. The predicted octanol–water partition coefficient (Wildman–Crippen LogP) is -0.291. The van der Waals surface area contributed by atoms with E-state index in [2.05, 4.69) is 0 Å². The van der Waals surface area contributed by atoms with Crippen LogP contribution in [0.3, 0.4) is 0 Å². The molecule has 1 atom stereocenters. The molecular formula is C5H5F2NO2. The maximum absolute atomic E-state index is 12.2. The highest BCUT2D eigenvalue weighted by atomic mass is 19.3. The zero-order valence-corrected chi connectivity index (χ0v) is 4.93. The van der Waals surface area contributed by atoms with Crippen molar-refractivity contribution in [3.05, 3.63) is 0 Å². The van der Waals surface area contributed by atoms with E-state index in [1.165, 1.54) is 0 Å². The molecule has 1 fully saturated rings. The summed E-state index contributed by atoms with van der Waals surface area (Å²) in [5.41, 5.74) is 0. The molecule has 0 radical (unpaired) electrons. The molecule has 0 unspecified atom stereocenters. The molecule has 1 amide bonds. The summed E-state index contributed by atoms with van der Waals surface area (Å²) < 4.78 is 24.4.